The molecule has 5 heteroatoms. The molecular formula is C23H31N3O2. The molecule has 2 aromatic rings. The number of carbonyl (C=O) groups is 1. The molecule has 0 bridgehead atoms. The molecule has 1 aliphatic heterocycles. The molecule has 1 amide bonds. The number of rotatable bonds is 6. The average molecular weight is 382 g/mol. The largest absolute Gasteiger partial charge is 0.379 e. The number of ether oxygens (including phenoxy) is 1. The molecule has 28 heavy (non-hydrogen) atoms. The van der Waals surface area contributed by atoms with Gasteiger partial charge >= 0.3 is 0 Å². The van der Waals surface area contributed by atoms with Crippen molar-refractivity contribution in [2.75, 3.05) is 51.8 Å². The van der Waals surface area contributed by atoms with Gasteiger partial charge in [-0.15, -0.1) is 0 Å². The molecule has 0 spiro atoms. The Kier molecular flexibility index (Phi) is 6.37. The maximum absolute atomic E-state index is 12.8. The Labute approximate surface area is 168 Å². The van der Waals surface area contributed by atoms with Crippen molar-refractivity contribution in [2.45, 2.75) is 19.4 Å². The van der Waals surface area contributed by atoms with E-state index in [4.69, 9.17) is 4.74 Å². The molecule has 0 radical (unpaired) electrons. The highest BCUT2D eigenvalue weighted by atomic mass is 16.5. The smallest absolute Gasteiger partial charge is 0.251 e. The zero-order valence-electron chi connectivity index (χ0n) is 17.4. The standard InChI is InChI=1S/C23H31N3O2/c1-23(2,26-11-13-28-14-12-26)17-24-22(27)20-9-5-7-18(15-20)19-8-6-10-21(16-19)25(3)4/h5-10,15-16H,11-14,17H2,1-4H3,(H,24,27). The number of hydrogen-bond acceptors (Lipinski definition) is 4. The van der Waals surface area contributed by atoms with Crippen LogP contribution >= 0.6 is 0 Å². The summed E-state index contributed by atoms with van der Waals surface area (Å²) in [5.41, 5.74) is 3.88. The highest BCUT2D eigenvalue weighted by molar-refractivity contribution is 5.95. The molecule has 1 saturated heterocycles. The Morgan fingerprint density at radius 1 is 1.07 bits per heavy atom. The summed E-state index contributed by atoms with van der Waals surface area (Å²) in [5.74, 6) is -0.0352. The number of anilines is 1. The first-order valence-corrected chi connectivity index (χ1v) is 9.86. The van der Waals surface area contributed by atoms with Crippen LogP contribution in [0.5, 0.6) is 0 Å². The van der Waals surface area contributed by atoms with Crippen LogP contribution < -0.4 is 10.2 Å². The number of hydrogen-bond donors (Lipinski definition) is 1. The van der Waals surface area contributed by atoms with Crippen LogP contribution in [-0.2, 0) is 4.74 Å². The third kappa shape index (κ3) is 4.91. The molecule has 1 N–H and O–H groups in total. The van der Waals surface area contributed by atoms with Crippen molar-refractivity contribution < 1.29 is 9.53 Å². The number of carbonyl (C=O) groups excluding carboxylic acids is 1. The lowest BCUT2D eigenvalue weighted by Gasteiger charge is -2.40. The van der Waals surface area contributed by atoms with Gasteiger partial charge in [-0.1, -0.05) is 24.3 Å². The van der Waals surface area contributed by atoms with Crippen LogP contribution in [-0.4, -0.2) is 63.3 Å². The van der Waals surface area contributed by atoms with E-state index in [1.165, 1.54) is 0 Å². The predicted molar refractivity (Wildman–Crippen MR) is 115 cm³/mol. The zero-order chi connectivity index (χ0) is 20.1. The second-order valence-corrected chi connectivity index (χ2v) is 8.12. The van der Waals surface area contributed by atoms with Gasteiger partial charge in [0.25, 0.3) is 5.91 Å². The Morgan fingerprint density at radius 2 is 1.71 bits per heavy atom. The van der Waals surface area contributed by atoms with Gasteiger partial charge in [0.2, 0.25) is 0 Å². The first-order chi connectivity index (χ1) is 13.4. The number of morpholine rings is 1. The van der Waals surface area contributed by atoms with E-state index in [2.05, 4.69) is 47.2 Å². The fourth-order valence-corrected chi connectivity index (χ4v) is 3.48. The monoisotopic (exact) mass is 381 g/mol. The molecule has 0 aromatic heterocycles. The molecule has 3 rings (SSSR count). The minimum absolute atomic E-state index is 0.0352. The van der Waals surface area contributed by atoms with E-state index in [1.807, 2.05) is 44.4 Å². The number of amides is 1. The maximum Gasteiger partial charge on any atom is 0.251 e. The summed E-state index contributed by atoms with van der Waals surface area (Å²) in [6.07, 6.45) is 0. The van der Waals surface area contributed by atoms with Crippen LogP contribution in [0.4, 0.5) is 5.69 Å². The van der Waals surface area contributed by atoms with Crippen LogP contribution in [0.3, 0.4) is 0 Å². The molecule has 0 saturated carbocycles. The summed E-state index contributed by atoms with van der Waals surface area (Å²) in [7, 11) is 4.05. The van der Waals surface area contributed by atoms with Gasteiger partial charge in [0, 0.05) is 50.5 Å². The van der Waals surface area contributed by atoms with Gasteiger partial charge in [0.15, 0.2) is 0 Å². The molecule has 2 aromatic carbocycles. The summed E-state index contributed by atoms with van der Waals surface area (Å²) >= 11 is 0. The molecule has 0 aliphatic carbocycles. The molecule has 0 unspecified atom stereocenters. The van der Waals surface area contributed by atoms with Crippen LogP contribution in [0.2, 0.25) is 0 Å². The summed E-state index contributed by atoms with van der Waals surface area (Å²) in [6.45, 7) is 8.26. The molecule has 5 nitrogen and oxygen atoms in total. The van der Waals surface area contributed by atoms with Gasteiger partial charge in [0.1, 0.15) is 0 Å². The summed E-state index contributed by atoms with van der Waals surface area (Å²) in [4.78, 5) is 17.2. The zero-order valence-corrected chi connectivity index (χ0v) is 17.4. The van der Waals surface area contributed by atoms with Crippen molar-refractivity contribution in [3.63, 3.8) is 0 Å². The van der Waals surface area contributed by atoms with E-state index in [-0.39, 0.29) is 11.4 Å². The van der Waals surface area contributed by atoms with Crippen molar-refractivity contribution in [3.8, 4) is 11.1 Å². The lowest BCUT2D eigenvalue weighted by atomic mass is 10.0. The van der Waals surface area contributed by atoms with Gasteiger partial charge in [-0.2, -0.15) is 0 Å². The van der Waals surface area contributed by atoms with Crippen molar-refractivity contribution in [1.82, 2.24) is 10.2 Å². The van der Waals surface area contributed by atoms with E-state index in [0.29, 0.717) is 12.1 Å². The number of nitrogens with zero attached hydrogens (tertiary/aromatic N) is 2. The van der Waals surface area contributed by atoms with Gasteiger partial charge in [-0.05, 0) is 49.2 Å². The highest BCUT2D eigenvalue weighted by Crippen LogP contribution is 2.25. The van der Waals surface area contributed by atoms with E-state index in [0.717, 1.165) is 43.1 Å². The van der Waals surface area contributed by atoms with Gasteiger partial charge < -0.3 is 15.0 Å². The molecular weight excluding hydrogens is 350 g/mol. The van der Waals surface area contributed by atoms with Gasteiger partial charge in [0.05, 0.1) is 13.2 Å². The summed E-state index contributed by atoms with van der Waals surface area (Å²) in [5, 5.41) is 3.12. The fourth-order valence-electron chi connectivity index (χ4n) is 3.48. The normalized spacial score (nSPS) is 15.3. The van der Waals surface area contributed by atoms with Crippen molar-refractivity contribution in [1.29, 1.82) is 0 Å². The minimum atomic E-state index is -0.100. The molecule has 1 fully saturated rings. The Hall–Kier alpha value is -2.37. The molecule has 0 atom stereocenters. The Morgan fingerprint density at radius 3 is 2.39 bits per heavy atom. The van der Waals surface area contributed by atoms with E-state index in [1.54, 1.807) is 0 Å². The molecule has 1 heterocycles. The quantitative estimate of drug-likeness (QED) is 0.834. The van der Waals surface area contributed by atoms with Crippen LogP contribution in [0, 0.1) is 0 Å². The topological polar surface area (TPSA) is 44.8 Å². The molecule has 1 aliphatic rings. The van der Waals surface area contributed by atoms with E-state index >= 15 is 0 Å². The van der Waals surface area contributed by atoms with E-state index in [9.17, 15) is 4.79 Å². The SMILES string of the molecule is CN(C)c1cccc(-c2cccc(C(=O)NCC(C)(C)N3CCOCC3)c2)c1. The Bertz CT molecular complexity index is 811. The number of nitrogens with one attached hydrogen (secondary N) is 1. The van der Waals surface area contributed by atoms with E-state index < -0.39 is 0 Å². The second-order valence-electron chi connectivity index (χ2n) is 8.12. The number of benzene rings is 2. The fraction of sp³-hybridized carbons (Fsp3) is 0.435. The van der Waals surface area contributed by atoms with Crippen molar-refractivity contribution >= 4 is 11.6 Å². The summed E-state index contributed by atoms with van der Waals surface area (Å²) < 4.78 is 5.44. The second kappa shape index (κ2) is 8.76. The predicted octanol–water partition coefficient (Wildman–Crippen LogP) is 3.26. The van der Waals surface area contributed by atoms with Crippen LogP contribution in [0.15, 0.2) is 48.5 Å². The lowest BCUT2D eigenvalue weighted by molar-refractivity contribution is -0.00923. The third-order valence-electron chi connectivity index (χ3n) is 5.37. The lowest BCUT2D eigenvalue weighted by Crippen LogP contribution is -2.55. The Balaban J connectivity index is 1.69. The van der Waals surface area contributed by atoms with Crippen LogP contribution in [0.1, 0.15) is 24.2 Å². The average Bonchev–Trinajstić information content (AvgIpc) is 2.73. The highest BCUT2D eigenvalue weighted by Gasteiger charge is 2.28. The summed E-state index contributed by atoms with van der Waals surface area (Å²) in [6, 6.07) is 16.2. The minimum Gasteiger partial charge on any atom is -0.379 e. The first-order valence-electron chi connectivity index (χ1n) is 9.86. The molecule has 150 valence electrons. The van der Waals surface area contributed by atoms with Crippen molar-refractivity contribution in [3.05, 3.63) is 54.1 Å². The van der Waals surface area contributed by atoms with Crippen molar-refractivity contribution in [2.24, 2.45) is 0 Å². The maximum atomic E-state index is 12.8. The van der Waals surface area contributed by atoms with Gasteiger partial charge in [-0.3, -0.25) is 9.69 Å². The van der Waals surface area contributed by atoms with Crippen LogP contribution in [0.25, 0.3) is 11.1 Å². The third-order valence-corrected chi connectivity index (χ3v) is 5.37. The van der Waals surface area contributed by atoms with Gasteiger partial charge in [-0.25, -0.2) is 0 Å². The first kappa shape index (κ1) is 20.4.